The fraction of sp³-hybridized carbons (Fsp3) is 0.692. The van der Waals surface area contributed by atoms with E-state index < -0.39 is 6.04 Å². The molecule has 1 amide bonds. The lowest BCUT2D eigenvalue weighted by molar-refractivity contribution is -0.117. The van der Waals surface area contributed by atoms with Gasteiger partial charge in [0.1, 0.15) is 5.82 Å². The molecule has 1 saturated carbocycles. The first-order valence-corrected chi connectivity index (χ1v) is 6.71. The summed E-state index contributed by atoms with van der Waals surface area (Å²) in [6.45, 7) is 0. The Bertz CT molecular complexity index is 395. The number of hydrogen-bond acceptors (Lipinski definition) is 3. The lowest BCUT2D eigenvalue weighted by atomic mass is 9.85. The van der Waals surface area contributed by atoms with E-state index >= 15 is 0 Å². The summed E-state index contributed by atoms with van der Waals surface area (Å²) in [6, 6.07) is 1.36. The monoisotopic (exact) mass is 250 g/mol. The first-order chi connectivity index (χ1) is 8.66. The number of rotatable bonds is 4. The van der Waals surface area contributed by atoms with Gasteiger partial charge >= 0.3 is 0 Å². The molecule has 1 aromatic rings. The molecule has 1 fully saturated rings. The SMILES string of the molecule is Cn1nccc1NC(=O)C(N)CC1CCCCC1. The molecule has 1 heterocycles. The molecule has 0 aliphatic heterocycles. The summed E-state index contributed by atoms with van der Waals surface area (Å²) in [7, 11) is 1.79. The molecule has 1 aliphatic rings. The molecule has 100 valence electrons. The van der Waals surface area contributed by atoms with Crippen molar-refractivity contribution in [1.29, 1.82) is 0 Å². The second kappa shape index (κ2) is 6.00. The molecule has 0 aromatic carbocycles. The van der Waals surface area contributed by atoms with Crippen LogP contribution in [0.15, 0.2) is 12.3 Å². The molecule has 3 N–H and O–H groups in total. The van der Waals surface area contributed by atoms with Gasteiger partial charge < -0.3 is 11.1 Å². The highest BCUT2D eigenvalue weighted by Crippen LogP contribution is 2.27. The zero-order chi connectivity index (χ0) is 13.0. The van der Waals surface area contributed by atoms with E-state index in [0.29, 0.717) is 11.7 Å². The van der Waals surface area contributed by atoms with Crippen LogP contribution in [0.5, 0.6) is 0 Å². The lowest BCUT2D eigenvalue weighted by Crippen LogP contribution is -2.38. The van der Waals surface area contributed by atoms with Crippen LogP contribution >= 0.6 is 0 Å². The van der Waals surface area contributed by atoms with E-state index in [1.165, 1.54) is 32.1 Å². The number of aromatic nitrogens is 2. The Morgan fingerprint density at radius 1 is 1.56 bits per heavy atom. The zero-order valence-corrected chi connectivity index (χ0v) is 10.9. The van der Waals surface area contributed by atoms with Crippen LogP contribution in [0.1, 0.15) is 38.5 Å². The number of carbonyl (C=O) groups is 1. The summed E-state index contributed by atoms with van der Waals surface area (Å²) in [5.41, 5.74) is 5.97. The molecule has 5 heteroatoms. The van der Waals surface area contributed by atoms with E-state index in [0.717, 1.165) is 6.42 Å². The molecule has 1 unspecified atom stereocenters. The van der Waals surface area contributed by atoms with Crippen molar-refractivity contribution in [2.75, 3.05) is 5.32 Å². The van der Waals surface area contributed by atoms with Crippen LogP contribution in [0, 0.1) is 5.92 Å². The van der Waals surface area contributed by atoms with Gasteiger partial charge in [0.25, 0.3) is 0 Å². The standard InChI is InChI=1S/C13H22N4O/c1-17-12(7-8-15-17)16-13(18)11(14)9-10-5-3-2-4-6-10/h7-8,10-11H,2-6,9,14H2,1H3,(H,16,18). The van der Waals surface area contributed by atoms with Gasteiger partial charge in [-0.05, 0) is 12.3 Å². The van der Waals surface area contributed by atoms with Crippen LogP contribution < -0.4 is 11.1 Å². The number of nitrogens with two attached hydrogens (primary N) is 1. The number of carbonyl (C=O) groups excluding carboxylic acids is 1. The summed E-state index contributed by atoms with van der Waals surface area (Å²) in [5.74, 6) is 1.20. The van der Waals surface area contributed by atoms with Crippen molar-refractivity contribution in [2.45, 2.75) is 44.6 Å². The lowest BCUT2D eigenvalue weighted by Gasteiger charge is -2.24. The van der Waals surface area contributed by atoms with E-state index in [9.17, 15) is 4.79 Å². The summed E-state index contributed by atoms with van der Waals surface area (Å²) < 4.78 is 1.63. The third kappa shape index (κ3) is 3.32. The van der Waals surface area contributed by atoms with Gasteiger partial charge in [0, 0.05) is 13.1 Å². The van der Waals surface area contributed by atoms with Gasteiger partial charge in [-0.25, -0.2) is 0 Å². The Hall–Kier alpha value is -1.36. The average Bonchev–Trinajstić information content (AvgIpc) is 2.76. The molecule has 0 saturated heterocycles. The van der Waals surface area contributed by atoms with E-state index in [1.54, 1.807) is 24.0 Å². The Balaban J connectivity index is 1.83. The quantitative estimate of drug-likeness (QED) is 0.853. The van der Waals surface area contributed by atoms with Gasteiger partial charge in [-0.1, -0.05) is 32.1 Å². The van der Waals surface area contributed by atoms with Crippen LogP contribution in [0.25, 0.3) is 0 Å². The smallest absolute Gasteiger partial charge is 0.242 e. The first-order valence-electron chi connectivity index (χ1n) is 6.71. The molecule has 1 aromatic heterocycles. The van der Waals surface area contributed by atoms with Crippen LogP contribution in [0.2, 0.25) is 0 Å². The number of aryl methyl sites for hydroxylation is 1. The molecular weight excluding hydrogens is 228 g/mol. The van der Waals surface area contributed by atoms with Crippen LogP contribution in [-0.4, -0.2) is 21.7 Å². The van der Waals surface area contributed by atoms with Crippen molar-refractivity contribution in [2.24, 2.45) is 18.7 Å². The predicted molar refractivity (Wildman–Crippen MR) is 71.0 cm³/mol. The fourth-order valence-electron chi connectivity index (χ4n) is 2.60. The van der Waals surface area contributed by atoms with Gasteiger partial charge in [0.15, 0.2) is 0 Å². The van der Waals surface area contributed by atoms with Gasteiger partial charge in [-0.3, -0.25) is 9.48 Å². The molecule has 0 spiro atoms. The van der Waals surface area contributed by atoms with Crippen LogP contribution in [-0.2, 0) is 11.8 Å². The van der Waals surface area contributed by atoms with Crippen LogP contribution in [0.3, 0.4) is 0 Å². The summed E-state index contributed by atoms with van der Waals surface area (Å²) in [5, 5.41) is 6.82. The Labute approximate surface area is 108 Å². The van der Waals surface area contributed by atoms with Crippen molar-refractivity contribution in [3.05, 3.63) is 12.3 Å². The Kier molecular flexibility index (Phi) is 4.36. The van der Waals surface area contributed by atoms with Gasteiger partial charge in [-0.15, -0.1) is 0 Å². The molecule has 1 aliphatic carbocycles. The third-order valence-corrected chi connectivity index (χ3v) is 3.72. The van der Waals surface area contributed by atoms with Crippen molar-refractivity contribution in [1.82, 2.24) is 9.78 Å². The van der Waals surface area contributed by atoms with E-state index in [2.05, 4.69) is 10.4 Å². The van der Waals surface area contributed by atoms with Gasteiger partial charge in [-0.2, -0.15) is 5.10 Å². The summed E-state index contributed by atoms with van der Waals surface area (Å²) in [6.07, 6.45) is 8.76. The summed E-state index contributed by atoms with van der Waals surface area (Å²) in [4.78, 5) is 12.0. The molecule has 18 heavy (non-hydrogen) atoms. The van der Waals surface area contributed by atoms with Gasteiger partial charge in [0.05, 0.1) is 12.2 Å². The third-order valence-electron chi connectivity index (χ3n) is 3.72. The van der Waals surface area contributed by atoms with Gasteiger partial charge in [0.2, 0.25) is 5.91 Å². The van der Waals surface area contributed by atoms with E-state index in [4.69, 9.17) is 5.73 Å². The van der Waals surface area contributed by atoms with Crippen molar-refractivity contribution in [3.63, 3.8) is 0 Å². The maximum absolute atomic E-state index is 12.0. The maximum Gasteiger partial charge on any atom is 0.242 e. The highest BCUT2D eigenvalue weighted by molar-refractivity contribution is 5.93. The second-order valence-corrected chi connectivity index (χ2v) is 5.18. The Morgan fingerprint density at radius 2 is 2.28 bits per heavy atom. The number of nitrogens with one attached hydrogen (secondary N) is 1. The minimum absolute atomic E-state index is 0.107. The average molecular weight is 250 g/mol. The van der Waals surface area contributed by atoms with Crippen molar-refractivity contribution < 1.29 is 4.79 Å². The first kappa shape index (κ1) is 13.1. The molecule has 0 bridgehead atoms. The second-order valence-electron chi connectivity index (χ2n) is 5.18. The Morgan fingerprint density at radius 3 is 2.89 bits per heavy atom. The topological polar surface area (TPSA) is 72.9 Å². The fourth-order valence-corrected chi connectivity index (χ4v) is 2.60. The molecule has 1 atom stereocenters. The van der Waals surface area contributed by atoms with Crippen molar-refractivity contribution in [3.8, 4) is 0 Å². The predicted octanol–water partition coefficient (Wildman–Crippen LogP) is 1.66. The number of hydrogen-bond donors (Lipinski definition) is 2. The normalized spacial score (nSPS) is 18.6. The maximum atomic E-state index is 12.0. The zero-order valence-electron chi connectivity index (χ0n) is 10.9. The van der Waals surface area contributed by atoms with E-state index in [-0.39, 0.29) is 5.91 Å². The van der Waals surface area contributed by atoms with Crippen molar-refractivity contribution >= 4 is 11.7 Å². The number of nitrogens with zero attached hydrogens (tertiary/aromatic N) is 2. The minimum Gasteiger partial charge on any atom is -0.320 e. The minimum atomic E-state index is -0.414. The van der Waals surface area contributed by atoms with Crippen LogP contribution in [0.4, 0.5) is 5.82 Å². The summed E-state index contributed by atoms with van der Waals surface area (Å²) >= 11 is 0. The molecule has 5 nitrogen and oxygen atoms in total. The molecular formula is C13H22N4O. The number of amides is 1. The highest BCUT2D eigenvalue weighted by Gasteiger charge is 2.21. The van der Waals surface area contributed by atoms with E-state index in [1.807, 2.05) is 0 Å². The number of anilines is 1. The molecule has 0 radical (unpaired) electrons. The molecule has 2 rings (SSSR count). The highest BCUT2D eigenvalue weighted by atomic mass is 16.2. The largest absolute Gasteiger partial charge is 0.320 e.